The number of anilines is 1. The summed E-state index contributed by atoms with van der Waals surface area (Å²) in [5, 5.41) is 0. The van der Waals surface area contributed by atoms with E-state index in [2.05, 4.69) is 0 Å². The average Bonchev–Trinajstić information content (AvgIpc) is 2.34. The van der Waals surface area contributed by atoms with Crippen molar-refractivity contribution in [3.8, 4) is 0 Å². The van der Waals surface area contributed by atoms with Gasteiger partial charge in [0.1, 0.15) is 0 Å². The minimum atomic E-state index is -4.62. The second-order valence-corrected chi connectivity index (χ2v) is 3.96. The van der Waals surface area contributed by atoms with Gasteiger partial charge in [0.05, 0.1) is 11.1 Å². The van der Waals surface area contributed by atoms with Crippen LogP contribution < -0.4 is 16.4 Å². The third kappa shape index (κ3) is 3.60. The van der Waals surface area contributed by atoms with Crippen LogP contribution in [0.4, 0.5) is 18.9 Å². The van der Waals surface area contributed by atoms with Gasteiger partial charge >= 0.3 is 6.18 Å². The van der Waals surface area contributed by atoms with Crippen LogP contribution in [0.3, 0.4) is 0 Å². The summed E-state index contributed by atoms with van der Waals surface area (Å²) in [4.78, 5) is 12.7. The van der Waals surface area contributed by atoms with E-state index in [1.165, 1.54) is 6.07 Å². The first-order chi connectivity index (χ1) is 8.81. The van der Waals surface area contributed by atoms with Crippen LogP contribution in [0.15, 0.2) is 18.2 Å². The summed E-state index contributed by atoms with van der Waals surface area (Å²) in [6.07, 6.45) is -4.62. The molecule has 1 rings (SSSR count). The van der Waals surface area contributed by atoms with E-state index in [0.717, 1.165) is 12.1 Å². The van der Waals surface area contributed by atoms with E-state index in [9.17, 15) is 18.0 Å². The van der Waals surface area contributed by atoms with Crippen LogP contribution in [-0.2, 0) is 6.18 Å². The zero-order chi connectivity index (χ0) is 14.6. The zero-order valence-corrected chi connectivity index (χ0v) is 10.5. The Kier molecular flexibility index (Phi) is 4.77. The molecule has 0 saturated heterocycles. The maximum absolute atomic E-state index is 12.9. The quantitative estimate of drug-likeness (QED) is 0.857. The van der Waals surface area contributed by atoms with Gasteiger partial charge in [-0.15, -0.1) is 0 Å². The van der Waals surface area contributed by atoms with Gasteiger partial charge in [-0.25, -0.2) is 0 Å². The number of carbonyl (C=O) groups is 1. The molecule has 0 aliphatic heterocycles. The van der Waals surface area contributed by atoms with E-state index < -0.39 is 23.2 Å². The number of benzene rings is 1. The van der Waals surface area contributed by atoms with Crippen LogP contribution in [0.5, 0.6) is 0 Å². The van der Waals surface area contributed by atoms with Gasteiger partial charge in [0, 0.05) is 25.3 Å². The number of hydrogen-bond acceptors (Lipinski definition) is 3. The van der Waals surface area contributed by atoms with Crippen LogP contribution in [0.1, 0.15) is 22.8 Å². The molecule has 0 aliphatic rings. The Bertz CT molecular complexity index is 460. The molecule has 4 nitrogen and oxygen atoms in total. The number of amides is 1. The Morgan fingerprint density at radius 1 is 1.37 bits per heavy atom. The van der Waals surface area contributed by atoms with E-state index in [-0.39, 0.29) is 0 Å². The minimum absolute atomic E-state index is 0.326. The molecule has 0 spiro atoms. The smallest absolute Gasteiger partial charge is 0.371 e. The third-order valence-corrected chi connectivity index (χ3v) is 2.72. The molecule has 0 aromatic heterocycles. The predicted octanol–water partition coefficient (Wildman–Crippen LogP) is 1.59. The summed E-state index contributed by atoms with van der Waals surface area (Å²) in [6, 6.07) is 3.47. The van der Waals surface area contributed by atoms with Crippen molar-refractivity contribution in [3.63, 3.8) is 0 Å². The number of nitrogens with two attached hydrogens (primary N) is 2. The van der Waals surface area contributed by atoms with Gasteiger partial charge in [0.15, 0.2) is 0 Å². The maximum Gasteiger partial charge on any atom is 0.417 e. The van der Waals surface area contributed by atoms with Crippen molar-refractivity contribution in [1.29, 1.82) is 0 Å². The lowest BCUT2D eigenvalue weighted by Crippen LogP contribution is -2.29. The molecule has 4 N–H and O–H groups in total. The molecule has 0 bridgehead atoms. The molecule has 0 aliphatic carbocycles. The molecule has 1 aromatic carbocycles. The third-order valence-electron chi connectivity index (χ3n) is 2.72. The van der Waals surface area contributed by atoms with Gasteiger partial charge in [-0.05, 0) is 25.1 Å². The molecule has 0 heterocycles. The molecule has 0 unspecified atom stereocenters. The lowest BCUT2D eigenvalue weighted by molar-refractivity contribution is -0.137. The van der Waals surface area contributed by atoms with Crippen molar-refractivity contribution in [1.82, 2.24) is 0 Å². The SMILES string of the molecule is CCN(CCN)c1ccc(C(N)=O)c(C(F)(F)F)c1. The molecule has 106 valence electrons. The highest BCUT2D eigenvalue weighted by Crippen LogP contribution is 2.34. The lowest BCUT2D eigenvalue weighted by atomic mass is 10.0. The summed E-state index contributed by atoms with van der Waals surface area (Å²) in [7, 11) is 0. The predicted molar refractivity (Wildman–Crippen MR) is 66.9 cm³/mol. The Balaban J connectivity index is 3.29. The van der Waals surface area contributed by atoms with Gasteiger partial charge in [-0.2, -0.15) is 13.2 Å². The summed E-state index contributed by atoms with van der Waals surface area (Å²) >= 11 is 0. The van der Waals surface area contributed by atoms with Gasteiger partial charge in [0.2, 0.25) is 5.91 Å². The molecule has 19 heavy (non-hydrogen) atoms. The second kappa shape index (κ2) is 5.92. The number of likely N-dealkylation sites (N-methyl/N-ethyl adjacent to an activating group) is 1. The maximum atomic E-state index is 12.9. The largest absolute Gasteiger partial charge is 0.417 e. The molecule has 0 saturated carbocycles. The van der Waals surface area contributed by atoms with Crippen LogP contribution in [0.25, 0.3) is 0 Å². The zero-order valence-electron chi connectivity index (χ0n) is 10.5. The van der Waals surface area contributed by atoms with Gasteiger partial charge in [0.25, 0.3) is 0 Å². The highest BCUT2D eigenvalue weighted by atomic mass is 19.4. The van der Waals surface area contributed by atoms with Crippen LogP contribution in [0.2, 0.25) is 0 Å². The van der Waals surface area contributed by atoms with Crippen LogP contribution >= 0.6 is 0 Å². The molecular formula is C12H16F3N3O. The highest BCUT2D eigenvalue weighted by Gasteiger charge is 2.35. The van der Waals surface area contributed by atoms with Crippen molar-refractivity contribution in [3.05, 3.63) is 29.3 Å². The van der Waals surface area contributed by atoms with Crippen molar-refractivity contribution < 1.29 is 18.0 Å². The molecular weight excluding hydrogens is 259 g/mol. The highest BCUT2D eigenvalue weighted by molar-refractivity contribution is 5.95. The van der Waals surface area contributed by atoms with Crippen molar-refractivity contribution in [2.75, 3.05) is 24.5 Å². The molecule has 1 amide bonds. The minimum Gasteiger partial charge on any atom is -0.371 e. The monoisotopic (exact) mass is 275 g/mol. The van der Waals surface area contributed by atoms with Gasteiger partial charge in [-0.1, -0.05) is 0 Å². The van der Waals surface area contributed by atoms with Crippen LogP contribution in [-0.4, -0.2) is 25.5 Å². The lowest BCUT2D eigenvalue weighted by Gasteiger charge is -2.24. The van der Waals surface area contributed by atoms with Crippen molar-refractivity contribution in [2.45, 2.75) is 13.1 Å². The fourth-order valence-corrected chi connectivity index (χ4v) is 1.80. The molecule has 0 atom stereocenters. The van der Waals surface area contributed by atoms with Gasteiger partial charge < -0.3 is 16.4 Å². The molecule has 0 radical (unpaired) electrons. The average molecular weight is 275 g/mol. The first-order valence-electron chi connectivity index (χ1n) is 5.77. The Labute approximate surface area is 109 Å². The Hall–Kier alpha value is -1.76. The summed E-state index contributed by atoms with van der Waals surface area (Å²) in [5.74, 6) is -1.10. The fourth-order valence-electron chi connectivity index (χ4n) is 1.80. The molecule has 7 heteroatoms. The first-order valence-corrected chi connectivity index (χ1v) is 5.77. The van der Waals surface area contributed by atoms with E-state index >= 15 is 0 Å². The Morgan fingerprint density at radius 2 is 2.00 bits per heavy atom. The number of hydrogen-bond donors (Lipinski definition) is 2. The normalized spacial score (nSPS) is 11.4. The first kappa shape index (κ1) is 15.3. The van der Waals surface area contributed by atoms with Crippen molar-refractivity contribution >= 4 is 11.6 Å². The summed E-state index contributed by atoms with van der Waals surface area (Å²) < 4.78 is 38.7. The number of primary amides is 1. The second-order valence-electron chi connectivity index (χ2n) is 3.96. The summed E-state index contributed by atoms with van der Waals surface area (Å²) in [5.41, 5.74) is 9.18. The van der Waals surface area contributed by atoms with Crippen LogP contribution in [0, 0.1) is 0 Å². The molecule has 1 aromatic rings. The van der Waals surface area contributed by atoms with Gasteiger partial charge in [-0.3, -0.25) is 4.79 Å². The van der Waals surface area contributed by atoms with E-state index in [4.69, 9.17) is 11.5 Å². The van der Waals surface area contributed by atoms with E-state index in [1.807, 2.05) is 6.92 Å². The number of nitrogens with zero attached hydrogens (tertiary/aromatic N) is 1. The standard InChI is InChI=1S/C12H16F3N3O/c1-2-18(6-5-16)8-3-4-9(11(17)19)10(7-8)12(13,14)15/h3-4,7H,2,5-6,16H2,1H3,(H2,17,19). The molecule has 0 fully saturated rings. The number of rotatable bonds is 5. The number of alkyl halides is 3. The fraction of sp³-hybridized carbons (Fsp3) is 0.417. The number of carbonyl (C=O) groups excluding carboxylic acids is 1. The van der Waals surface area contributed by atoms with E-state index in [1.54, 1.807) is 4.90 Å². The number of halogens is 3. The van der Waals surface area contributed by atoms with Crippen molar-refractivity contribution in [2.24, 2.45) is 11.5 Å². The Morgan fingerprint density at radius 3 is 2.42 bits per heavy atom. The van der Waals surface area contributed by atoms with E-state index in [0.29, 0.717) is 25.3 Å². The summed E-state index contributed by atoms with van der Waals surface area (Å²) in [6.45, 7) is 3.09. The topological polar surface area (TPSA) is 72.3 Å².